The molecule has 0 fully saturated rings. The van der Waals surface area contributed by atoms with E-state index in [-0.39, 0.29) is 38.0 Å². The summed E-state index contributed by atoms with van der Waals surface area (Å²) in [5.41, 5.74) is 0.692. The second-order valence-corrected chi connectivity index (χ2v) is 10.6. The molecule has 10 heteroatoms. The fraction of sp³-hybridized carbons (Fsp3) is 0. The normalized spacial score (nSPS) is 11.1. The van der Waals surface area contributed by atoms with Crippen LogP contribution in [0.15, 0.2) is 100 Å². The number of nitrogens with one attached hydrogen (secondary N) is 2. The molecule has 0 unspecified atom stereocenters. The third-order valence-corrected chi connectivity index (χ3v) is 7.34. The molecule has 1 amide bonds. The van der Waals surface area contributed by atoms with Crippen LogP contribution < -0.4 is 10.0 Å². The number of amides is 1. The number of carbonyl (C=O) groups excluding carboxylic acids is 2. The van der Waals surface area contributed by atoms with Gasteiger partial charge in [-0.3, -0.25) is 14.3 Å². The van der Waals surface area contributed by atoms with Crippen molar-refractivity contribution in [3.63, 3.8) is 0 Å². The van der Waals surface area contributed by atoms with Crippen LogP contribution in [0, 0.1) is 5.82 Å². The highest BCUT2D eigenvalue weighted by Crippen LogP contribution is 2.28. The molecule has 0 aromatic heterocycles. The van der Waals surface area contributed by atoms with E-state index in [0.717, 1.165) is 24.3 Å². The Bertz CT molecular complexity index is 1580. The Morgan fingerprint density at radius 3 is 2.11 bits per heavy atom. The van der Waals surface area contributed by atoms with Gasteiger partial charge in [0.1, 0.15) is 5.82 Å². The summed E-state index contributed by atoms with van der Waals surface area (Å²) in [6, 6.07) is 21.6. The predicted octanol–water partition coefficient (Wildman–Crippen LogP) is 6.53. The maximum atomic E-state index is 13.2. The van der Waals surface area contributed by atoms with E-state index in [4.69, 9.17) is 11.6 Å². The molecule has 6 nitrogen and oxygen atoms in total. The summed E-state index contributed by atoms with van der Waals surface area (Å²) in [6.45, 7) is 0. The third-order valence-electron chi connectivity index (χ3n) is 5.13. The Kier molecular flexibility index (Phi) is 7.53. The average molecular weight is 588 g/mol. The van der Waals surface area contributed by atoms with Gasteiger partial charge in [-0.1, -0.05) is 51.8 Å². The summed E-state index contributed by atoms with van der Waals surface area (Å²) in [6.07, 6.45) is 0. The molecule has 36 heavy (non-hydrogen) atoms. The van der Waals surface area contributed by atoms with Crippen LogP contribution in [0.1, 0.15) is 26.3 Å². The lowest BCUT2D eigenvalue weighted by Crippen LogP contribution is -2.19. The Hall–Kier alpha value is -3.53. The molecule has 0 bridgehead atoms. The number of anilines is 2. The van der Waals surface area contributed by atoms with E-state index in [1.165, 1.54) is 12.1 Å². The highest BCUT2D eigenvalue weighted by atomic mass is 79.9. The minimum absolute atomic E-state index is 0.00965. The molecular formula is C26H17BrClFN2O4S. The minimum Gasteiger partial charge on any atom is -0.321 e. The van der Waals surface area contributed by atoms with Gasteiger partial charge in [0.2, 0.25) is 0 Å². The van der Waals surface area contributed by atoms with Crippen molar-refractivity contribution in [3.05, 3.63) is 123 Å². The number of rotatable bonds is 7. The number of sulfonamides is 1. The molecule has 0 radical (unpaired) electrons. The van der Waals surface area contributed by atoms with Gasteiger partial charge in [0.25, 0.3) is 15.9 Å². The van der Waals surface area contributed by atoms with Gasteiger partial charge in [0, 0.05) is 15.6 Å². The quantitative estimate of drug-likeness (QED) is 0.241. The second-order valence-electron chi connectivity index (χ2n) is 7.56. The highest BCUT2D eigenvalue weighted by molar-refractivity contribution is 9.10. The molecule has 4 rings (SSSR count). The van der Waals surface area contributed by atoms with Crippen LogP contribution in [0.25, 0.3) is 0 Å². The first-order valence-corrected chi connectivity index (χ1v) is 13.1. The standard InChI is InChI=1S/C26H17BrClFN2O4S/c27-16-9-14-23(21(15-16)25(32)19-5-1-3-7-22(19)28)30-26(33)20-6-2-4-8-24(20)31-36(34,35)18-12-10-17(29)11-13-18/h1-15,31H,(H,30,33). The molecule has 0 aliphatic rings. The van der Waals surface area contributed by atoms with Gasteiger partial charge in [-0.2, -0.15) is 0 Å². The average Bonchev–Trinajstić information content (AvgIpc) is 2.85. The van der Waals surface area contributed by atoms with E-state index in [1.807, 2.05) is 0 Å². The van der Waals surface area contributed by atoms with Crippen molar-refractivity contribution in [1.82, 2.24) is 0 Å². The molecule has 2 N–H and O–H groups in total. The third kappa shape index (κ3) is 5.64. The number of ketones is 1. The van der Waals surface area contributed by atoms with Crippen molar-refractivity contribution >= 4 is 60.6 Å². The van der Waals surface area contributed by atoms with Crippen LogP contribution >= 0.6 is 27.5 Å². The van der Waals surface area contributed by atoms with Crippen LogP contribution in [0.4, 0.5) is 15.8 Å². The zero-order chi connectivity index (χ0) is 25.9. The van der Waals surface area contributed by atoms with Crippen molar-refractivity contribution in [2.24, 2.45) is 0 Å². The Morgan fingerprint density at radius 1 is 0.778 bits per heavy atom. The number of para-hydroxylation sites is 1. The number of halogens is 3. The van der Waals surface area contributed by atoms with Crippen molar-refractivity contribution in [2.45, 2.75) is 4.90 Å². The maximum Gasteiger partial charge on any atom is 0.261 e. The smallest absolute Gasteiger partial charge is 0.261 e. The Morgan fingerprint density at radius 2 is 1.42 bits per heavy atom. The lowest BCUT2D eigenvalue weighted by Gasteiger charge is -2.15. The van der Waals surface area contributed by atoms with E-state index >= 15 is 0 Å². The van der Waals surface area contributed by atoms with Crippen molar-refractivity contribution in [1.29, 1.82) is 0 Å². The van der Waals surface area contributed by atoms with Crippen LogP contribution in [0.2, 0.25) is 5.02 Å². The summed E-state index contributed by atoms with van der Waals surface area (Å²) >= 11 is 9.54. The molecule has 0 atom stereocenters. The molecule has 0 aliphatic carbocycles. The molecule has 0 spiro atoms. The molecule has 0 aliphatic heterocycles. The minimum atomic E-state index is -4.10. The lowest BCUT2D eigenvalue weighted by atomic mass is 10.0. The lowest BCUT2D eigenvalue weighted by molar-refractivity contribution is 0.102. The van der Waals surface area contributed by atoms with Crippen LogP contribution in [-0.4, -0.2) is 20.1 Å². The summed E-state index contributed by atoms with van der Waals surface area (Å²) < 4.78 is 41.8. The van der Waals surface area contributed by atoms with Crippen molar-refractivity contribution < 1.29 is 22.4 Å². The van der Waals surface area contributed by atoms with E-state index in [0.29, 0.717) is 4.47 Å². The maximum absolute atomic E-state index is 13.2. The van der Waals surface area contributed by atoms with Crippen molar-refractivity contribution in [3.8, 4) is 0 Å². The van der Waals surface area contributed by atoms with Gasteiger partial charge >= 0.3 is 0 Å². The zero-order valence-electron chi connectivity index (χ0n) is 18.3. The van der Waals surface area contributed by atoms with E-state index < -0.39 is 27.5 Å². The number of hydrogen-bond donors (Lipinski definition) is 2. The number of carbonyl (C=O) groups is 2. The van der Waals surface area contributed by atoms with E-state index in [1.54, 1.807) is 54.6 Å². The first-order valence-electron chi connectivity index (χ1n) is 10.4. The number of hydrogen-bond acceptors (Lipinski definition) is 4. The largest absolute Gasteiger partial charge is 0.321 e. The van der Waals surface area contributed by atoms with E-state index in [2.05, 4.69) is 26.0 Å². The fourth-order valence-corrected chi connectivity index (χ4v) is 5.04. The molecular weight excluding hydrogens is 571 g/mol. The molecule has 0 heterocycles. The highest BCUT2D eigenvalue weighted by Gasteiger charge is 2.22. The Balaban J connectivity index is 1.65. The fourth-order valence-electron chi connectivity index (χ4n) is 3.38. The molecule has 4 aromatic rings. The summed E-state index contributed by atoms with van der Waals surface area (Å²) in [5.74, 6) is -1.63. The molecule has 0 saturated heterocycles. The first-order chi connectivity index (χ1) is 17.2. The molecule has 182 valence electrons. The zero-order valence-corrected chi connectivity index (χ0v) is 21.5. The number of benzene rings is 4. The second kappa shape index (κ2) is 10.6. The van der Waals surface area contributed by atoms with E-state index in [9.17, 15) is 22.4 Å². The van der Waals surface area contributed by atoms with Gasteiger partial charge < -0.3 is 5.32 Å². The van der Waals surface area contributed by atoms with Crippen LogP contribution in [0.3, 0.4) is 0 Å². The SMILES string of the molecule is O=C(Nc1ccc(Br)cc1C(=O)c1ccccc1Cl)c1ccccc1NS(=O)(=O)c1ccc(F)cc1. The summed E-state index contributed by atoms with van der Waals surface area (Å²) in [4.78, 5) is 26.3. The predicted molar refractivity (Wildman–Crippen MR) is 141 cm³/mol. The summed E-state index contributed by atoms with van der Waals surface area (Å²) in [7, 11) is -4.10. The van der Waals surface area contributed by atoms with Crippen molar-refractivity contribution in [2.75, 3.05) is 10.0 Å². The van der Waals surface area contributed by atoms with Gasteiger partial charge in [-0.25, -0.2) is 12.8 Å². The van der Waals surface area contributed by atoms with Gasteiger partial charge in [0.15, 0.2) is 5.78 Å². The Labute approximate surface area is 220 Å². The van der Waals surface area contributed by atoms with Crippen LogP contribution in [-0.2, 0) is 10.0 Å². The monoisotopic (exact) mass is 586 g/mol. The first kappa shape index (κ1) is 25.6. The molecule has 4 aromatic carbocycles. The van der Waals surface area contributed by atoms with Crippen LogP contribution in [0.5, 0.6) is 0 Å². The molecule has 0 saturated carbocycles. The van der Waals surface area contributed by atoms with Gasteiger partial charge in [0.05, 0.1) is 26.9 Å². The summed E-state index contributed by atoms with van der Waals surface area (Å²) in [5, 5.41) is 2.95. The van der Waals surface area contributed by atoms with Gasteiger partial charge in [-0.15, -0.1) is 0 Å². The topological polar surface area (TPSA) is 92.3 Å². The van der Waals surface area contributed by atoms with Gasteiger partial charge in [-0.05, 0) is 66.7 Å².